The van der Waals surface area contributed by atoms with Crippen LogP contribution in [0.1, 0.15) is 34.8 Å². The molecule has 2 aromatic rings. The van der Waals surface area contributed by atoms with Gasteiger partial charge in [0.1, 0.15) is 11.4 Å². The fourth-order valence-corrected chi connectivity index (χ4v) is 2.11. The van der Waals surface area contributed by atoms with E-state index in [2.05, 4.69) is 15.6 Å². The molecule has 2 N–H and O–H groups in total. The Balaban J connectivity index is 2.06. The molecule has 2 rings (SSSR count). The van der Waals surface area contributed by atoms with Crippen molar-refractivity contribution >= 4 is 23.2 Å². The molecule has 0 spiro atoms. The summed E-state index contributed by atoms with van der Waals surface area (Å²) < 4.78 is 0. The molecule has 0 saturated heterocycles. The van der Waals surface area contributed by atoms with Gasteiger partial charge in [-0.05, 0) is 42.3 Å². The van der Waals surface area contributed by atoms with Gasteiger partial charge in [-0.15, -0.1) is 0 Å². The second-order valence-corrected chi connectivity index (χ2v) is 6.41. The van der Waals surface area contributed by atoms with Crippen LogP contribution in [0.25, 0.3) is 0 Å². The zero-order chi connectivity index (χ0) is 18.4. The molecular formula is C19H24N4O2. The van der Waals surface area contributed by atoms with Gasteiger partial charge in [0.15, 0.2) is 0 Å². The number of carbonyl (C=O) groups is 2. The number of amides is 2. The lowest BCUT2D eigenvalue weighted by Gasteiger charge is -2.13. The van der Waals surface area contributed by atoms with Crippen molar-refractivity contribution in [1.82, 2.24) is 10.3 Å². The van der Waals surface area contributed by atoms with Gasteiger partial charge in [0.05, 0.1) is 0 Å². The third-order valence-electron chi connectivity index (χ3n) is 3.53. The minimum absolute atomic E-state index is 0.203. The van der Waals surface area contributed by atoms with E-state index in [4.69, 9.17) is 0 Å². The van der Waals surface area contributed by atoms with E-state index in [1.165, 1.54) is 0 Å². The SMILES string of the molecule is CC(C)CNC(=O)c1cccc(C(=O)Nc2ccc(N(C)C)cc2)n1. The number of rotatable bonds is 6. The highest BCUT2D eigenvalue weighted by Gasteiger charge is 2.13. The standard InChI is InChI=1S/C19H24N4O2/c1-13(2)12-20-18(24)16-6-5-7-17(22-16)19(25)21-14-8-10-15(11-9-14)23(3)4/h5-11,13H,12H2,1-4H3,(H,20,24)(H,21,25). The molecule has 0 aliphatic rings. The minimum atomic E-state index is -0.351. The van der Waals surface area contributed by atoms with Gasteiger partial charge in [0.25, 0.3) is 11.8 Å². The zero-order valence-corrected chi connectivity index (χ0v) is 15.0. The molecular weight excluding hydrogens is 316 g/mol. The molecule has 0 radical (unpaired) electrons. The summed E-state index contributed by atoms with van der Waals surface area (Å²) in [5.41, 5.74) is 2.15. The molecule has 1 aromatic carbocycles. The molecule has 0 unspecified atom stereocenters. The van der Waals surface area contributed by atoms with Crippen molar-refractivity contribution in [2.45, 2.75) is 13.8 Å². The van der Waals surface area contributed by atoms with Gasteiger partial charge in [0, 0.05) is 32.0 Å². The summed E-state index contributed by atoms with van der Waals surface area (Å²) in [5, 5.41) is 5.58. The summed E-state index contributed by atoms with van der Waals surface area (Å²) in [4.78, 5) is 30.6. The highest BCUT2D eigenvalue weighted by atomic mass is 16.2. The van der Waals surface area contributed by atoms with Crippen molar-refractivity contribution in [3.8, 4) is 0 Å². The first kappa shape index (κ1) is 18.4. The van der Waals surface area contributed by atoms with Crippen LogP contribution < -0.4 is 15.5 Å². The average molecular weight is 340 g/mol. The molecule has 25 heavy (non-hydrogen) atoms. The summed E-state index contributed by atoms with van der Waals surface area (Å²) in [5.74, 6) is -0.282. The number of pyridine rings is 1. The predicted octanol–water partition coefficient (Wildman–Crippen LogP) is 2.79. The summed E-state index contributed by atoms with van der Waals surface area (Å²) in [6, 6.07) is 12.3. The fraction of sp³-hybridized carbons (Fsp3) is 0.316. The molecule has 0 atom stereocenters. The summed E-state index contributed by atoms with van der Waals surface area (Å²) in [7, 11) is 3.90. The Bertz CT molecular complexity index is 739. The van der Waals surface area contributed by atoms with Crippen LogP contribution in [-0.2, 0) is 0 Å². The third-order valence-corrected chi connectivity index (χ3v) is 3.53. The van der Waals surface area contributed by atoms with E-state index in [1.54, 1.807) is 18.2 Å². The predicted molar refractivity (Wildman–Crippen MR) is 100 cm³/mol. The van der Waals surface area contributed by atoms with E-state index in [1.807, 2.05) is 57.1 Å². The Labute approximate surface area is 148 Å². The molecule has 0 bridgehead atoms. The van der Waals surface area contributed by atoms with Crippen molar-refractivity contribution < 1.29 is 9.59 Å². The molecule has 0 saturated carbocycles. The Morgan fingerprint density at radius 3 is 2.16 bits per heavy atom. The van der Waals surface area contributed by atoms with Crippen molar-refractivity contribution in [2.24, 2.45) is 5.92 Å². The third kappa shape index (κ3) is 5.31. The van der Waals surface area contributed by atoms with Crippen LogP contribution in [0.15, 0.2) is 42.5 Å². The van der Waals surface area contributed by atoms with E-state index < -0.39 is 0 Å². The molecule has 1 aromatic heterocycles. The summed E-state index contributed by atoms with van der Waals surface area (Å²) in [6.07, 6.45) is 0. The zero-order valence-electron chi connectivity index (χ0n) is 15.0. The fourth-order valence-electron chi connectivity index (χ4n) is 2.11. The molecule has 132 valence electrons. The van der Waals surface area contributed by atoms with Gasteiger partial charge in [-0.3, -0.25) is 9.59 Å². The molecule has 1 heterocycles. The lowest BCUT2D eigenvalue weighted by Crippen LogP contribution is -2.28. The van der Waals surface area contributed by atoms with Crippen LogP contribution in [0.2, 0.25) is 0 Å². The quantitative estimate of drug-likeness (QED) is 0.848. The normalized spacial score (nSPS) is 10.4. The maximum atomic E-state index is 12.4. The summed E-state index contributed by atoms with van der Waals surface area (Å²) >= 11 is 0. The first-order chi connectivity index (χ1) is 11.9. The van der Waals surface area contributed by atoms with Crippen LogP contribution in [0, 0.1) is 5.92 Å². The Morgan fingerprint density at radius 2 is 1.60 bits per heavy atom. The van der Waals surface area contributed by atoms with Crippen molar-refractivity contribution in [2.75, 3.05) is 30.9 Å². The monoisotopic (exact) mass is 340 g/mol. The van der Waals surface area contributed by atoms with Gasteiger partial charge >= 0.3 is 0 Å². The van der Waals surface area contributed by atoms with Gasteiger partial charge in [-0.1, -0.05) is 19.9 Å². The lowest BCUT2D eigenvalue weighted by molar-refractivity contribution is 0.0944. The number of carbonyl (C=O) groups excluding carboxylic acids is 2. The maximum absolute atomic E-state index is 12.4. The molecule has 6 heteroatoms. The van der Waals surface area contributed by atoms with E-state index in [9.17, 15) is 9.59 Å². The largest absolute Gasteiger partial charge is 0.378 e. The van der Waals surface area contributed by atoms with Crippen molar-refractivity contribution in [3.63, 3.8) is 0 Å². The lowest BCUT2D eigenvalue weighted by atomic mass is 10.2. The van der Waals surface area contributed by atoms with E-state index in [-0.39, 0.29) is 23.2 Å². The number of nitrogens with zero attached hydrogens (tertiary/aromatic N) is 2. The first-order valence-corrected chi connectivity index (χ1v) is 8.21. The van der Waals surface area contributed by atoms with E-state index in [0.717, 1.165) is 5.69 Å². The van der Waals surface area contributed by atoms with Crippen molar-refractivity contribution in [1.29, 1.82) is 0 Å². The van der Waals surface area contributed by atoms with Crippen LogP contribution in [0.5, 0.6) is 0 Å². The number of hydrogen-bond donors (Lipinski definition) is 2. The minimum Gasteiger partial charge on any atom is -0.378 e. The number of aromatic nitrogens is 1. The molecule has 0 aliphatic carbocycles. The molecule has 0 aliphatic heterocycles. The number of hydrogen-bond acceptors (Lipinski definition) is 4. The molecule has 0 fully saturated rings. The van der Waals surface area contributed by atoms with Crippen molar-refractivity contribution in [3.05, 3.63) is 53.9 Å². The topological polar surface area (TPSA) is 74.3 Å². The number of nitrogens with one attached hydrogen (secondary N) is 2. The average Bonchev–Trinajstić information content (AvgIpc) is 2.60. The van der Waals surface area contributed by atoms with Crippen LogP contribution >= 0.6 is 0 Å². The van der Waals surface area contributed by atoms with Gasteiger partial charge in [0.2, 0.25) is 0 Å². The maximum Gasteiger partial charge on any atom is 0.274 e. The molecule has 2 amide bonds. The Kier molecular flexibility index (Phi) is 6.11. The van der Waals surface area contributed by atoms with Crippen LogP contribution in [0.4, 0.5) is 11.4 Å². The Morgan fingerprint density at radius 1 is 1.00 bits per heavy atom. The summed E-state index contributed by atoms with van der Waals surface area (Å²) in [6.45, 7) is 4.59. The first-order valence-electron chi connectivity index (χ1n) is 8.21. The smallest absolute Gasteiger partial charge is 0.274 e. The molecule has 6 nitrogen and oxygen atoms in total. The van der Waals surface area contributed by atoms with Gasteiger partial charge in [-0.2, -0.15) is 0 Å². The second-order valence-electron chi connectivity index (χ2n) is 6.41. The number of anilines is 2. The number of benzene rings is 1. The van der Waals surface area contributed by atoms with Gasteiger partial charge in [-0.25, -0.2) is 4.98 Å². The van der Waals surface area contributed by atoms with E-state index >= 15 is 0 Å². The van der Waals surface area contributed by atoms with Gasteiger partial charge < -0.3 is 15.5 Å². The van der Waals surface area contributed by atoms with E-state index in [0.29, 0.717) is 18.2 Å². The van der Waals surface area contributed by atoms with Crippen LogP contribution in [-0.4, -0.2) is 37.4 Å². The highest BCUT2D eigenvalue weighted by molar-refractivity contribution is 6.03. The Hall–Kier alpha value is -2.89. The van der Waals surface area contributed by atoms with Crippen LogP contribution in [0.3, 0.4) is 0 Å². The highest BCUT2D eigenvalue weighted by Crippen LogP contribution is 2.16. The second kappa shape index (κ2) is 8.28.